The van der Waals surface area contributed by atoms with Crippen LogP contribution in [0.4, 0.5) is 0 Å². The van der Waals surface area contributed by atoms with E-state index in [2.05, 4.69) is 474 Å². The lowest BCUT2D eigenvalue weighted by atomic mass is 9.80. The van der Waals surface area contributed by atoms with Crippen LogP contribution in [0.2, 0.25) is 0 Å². The Balaban J connectivity index is 0.588. The first kappa shape index (κ1) is 74.6. The van der Waals surface area contributed by atoms with Crippen molar-refractivity contribution in [2.45, 2.75) is 38.5 Å². The number of para-hydroxylation sites is 2. The minimum Gasteiger partial charge on any atom is -0.309 e. The van der Waals surface area contributed by atoms with E-state index in [1.54, 1.807) is 0 Å². The first-order valence-electron chi connectivity index (χ1n) is 46.4. The van der Waals surface area contributed by atoms with Crippen molar-refractivity contribution in [2.24, 2.45) is 0 Å². The summed E-state index contributed by atoms with van der Waals surface area (Å²) in [7, 11) is 0. The Morgan fingerprint density at radius 1 is 0.144 bits per heavy atom. The lowest BCUT2D eigenvalue weighted by Gasteiger charge is -2.23. The first-order chi connectivity index (χ1) is 65.0. The molecule has 0 saturated carbocycles. The zero-order valence-corrected chi connectivity index (χ0v) is 73.5. The highest BCUT2D eigenvalue weighted by atomic mass is 15.0. The maximum atomic E-state index is 2.52. The van der Waals surface area contributed by atoms with E-state index in [0.29, 0.717) is 0 Å². The Morgan fingerprint density at radius 2 is 0.462 bits per heavy atom. The predicted molar refractivity (Wildman–Crippen MR) is 563 cm³/mol. The van der Waals surface area contributed by atoms with E-state index in [1.165, 1.54) is 257 Å². The van der Waals surface area contributed by atoms with Gasteiger partial charge < -0.3 is 9.13 Å². The molecular formula is C130H84N2. The first-order valence-corrected chi connectivity index (χ1v) is 46.4. The Kier molecular flexibility index (Phi) is 15.8. The summed E-state index contributed by atoms with van der Waals surface area (Å²) in [6.45, 7) is 9.57. The SMILES string of the molecule is CC1(C)c2ccccc2-c2ccc(-c3cc(-c4ccc5c(c4)C(C)(C)c4ccccc4-5)cc(-c4cc5c6ccccc6c(-c6ccc7c(c6)c6ccc(-c8cc9c%10ccccc%10cc(-c%10ccc%11c(c%10)c%10ccc(-c%12cc%13c%14ccccc%14c%14ccccc%14c%13c%13ccccc%12%13)cc%10n%11-c%10ccccc%10)c9c9ccccc89)cc6n7-c6ccccc6)cc5c5ccccc45)c3)cc21. The molecule has 132 heavy (non-hydrogen) atoms. The van der Waals surface area contributed by atoms with Gasteiger partial charge in [-0.05, 0) is 351 Å². The second-order valence-electron chi connectivity index (χ2n) is 38.0. The van der Waals surface area contributed by atoms with Crippen LogP contribution in [0.1, 0.15) is 49.9 Å². The highest BCUT2D eigenvalue weighted by Crippen LogP contribution is 2.56. The molecular weight excluding hydrogens is 1590 g/mol. The zero-order valence-electron chi connectivity index (χ0n) is 73.5. The quantitative estimate of drug-likeness (QED) is 0.128. The van der Waals surface area contributed by atoms with Crippen LogP contribution in [0.25, 0.3) is 263 Å². The topological polar surface area (TPSA) is 9.86 Å². The Labute approximate surface area is 764 Å². The molecule has 0 amide bonds. The molecule has 0 fully saturated rings. The largest absolute Gasteiger partial charge is 0.309 e. The van der Waals surface area contributed by atoms with Crippen molar-refractivity contribution in [3.8, 4) is 112 Å². The highest BCUT2D eigenvalue weighted by Gasteiger charge is 2.38. The summed E-state index contributed by atoms with van der Waals surface area (Å²) in [4.78, 5) is 0. The smallest absolute Gasteiger partial charge is 0.0547 e. The molecule has 24 aromatic carbocycles. The Morgan fingerprint density at radius 3 is 0.947 bits per heavy atom. The van der Waals surface area contributed by atoms with Crippen molar-refractivity contribution < 1.29 is 0 Å². The van der Waals surface area contributed by atoms with Gasteiger partial charge >= 0.3 is 0 Å². The van der Waals surface area contributed by atoms with Gasteiger partial charge in [0.15, 0.2) is 0 Å². The van der Waals surface area contributed by atoms with Crippen molar-refractivity contribution in [3.63, 3.8) is 0 Å². The van der Waals surface area contributed by atoms with Crippen LogP contribution in [0.5, 0.6) is 0 Å². The number of nitrogens with zero attached hydrogens (tertiary/aromatic N) is 2. The molecule has 0 spiro atoms. The monoisotopic (exact) mass is 1670 g/mol. The molecule has 0 bridgehead atoms. The van der Waals surface area contributed by atoms with Gasteiger partial charge in [-0.1, -0.05) is 343 Å². The number of rotatable bonds is 9. The van der Waals surface area contributed by atoms with E-state index >= 15 is 0 Å². The average molecular weight is 1670 g/mol. The highest BCUT2D eigenvalue weighted by molar-refractivity contribution is 6.34. The van der Waals surface area contributed by atoms with Gasteiger partial charge in [0.1, 0.15) is 0 Å². The summed E-state index contributed by atoms with van der Waals surface area (Å²) < 4.78 is 4.98. The van der Waals surface area contributed by atoms with E-state index < -0.39 is 0 Å². The molecule has 0 N–H and O–H groups in total. The standard InChI is InChI=1S/C130H84N2/c1-129(2)119-49-27-25-44-99(119)101-57-51-77(69-121(101)129)84-63-85(78-52-58-102-100-45-26-28-50-120(100)130(3,4)122(102)70-78)65-86(64-84)111-74-114-94-39-16-14-37-92(94)108(73-113(114)95-40-17-15-38-93(95)111)80-55-61-123-115(67-80)103-59-53-82(71-125(103)131(123)87-30-7-5-8-31-87)109-75-117-89-34-12-11-29-79(89)66-112(128(117)107-48-24-21-43-98(107)109)81-56-62-124-116(68-81)104-60-54-83(72-126(104)132(124)88-32-9-6-10-33-88)110-76-118-96-41-18-13-35-90(96)91-36-19-22-46-105(91)127(118)106-47-23-20-42-97(106)110/h5-76H,1-4H3. The lowest BCUT2D eigenvalue weighted by molar-refractivity contribution is 0.660. The van der Waals surface area contributed by atoms with Gasteiger partial charge in [0.25, 0.3) is 0 Å². The van der Waals surface area contributed by atoms with E-state index in [1.807, 2.05) is 0 Å². The predicted octanol–water partition coefficient (Wildman–Crippen LogP) is 35.7. The second-order valence-corrected chi connectivity index (χ2v) is 38.0. The molecule has 2 heterocycles. The number of aromatic nitrogens is 2. The summed E-state index contributed by atoms with van der Waals surface area (Å²) in [5.74, 6) is 0. The molecule has 2 nitrogen and oxygen atoms in total. The van der Waals surface area contributed by atoms with Crippen molar-refractivity contribution in [3.05, 3.63) is 459 Å². The fourth-order valence-electron chi connectivity index (χ4n) is 24.2. The molecule has 2 aliphatic carbocycles. The normalized spacial score (nSPS) is 13.3. The van der Waals surface area contributed by atoms with Gasteiger partial charge in [-0.3, -0.25) is 0 Å². The maximum absolute atomic E-state index is 2.52. The summed E-state index contributed by atoms with van der Waals surface area (Å²) in [5, 5.41) is 29.7. The van der Waals surface area contributed by atoms with Crippen LogP contribution in [0.15, 0.2) is 437 Å². The summed E-state index contributed by atoms with van der Waals surface area (Å²) in [6, 6.07) is 167. The maximum Gasteiger partial charge on any atom is 0.0547 e. The number of hydrogen-bond acceptors (Lipinski definition) is 0. The van der Waals surface area contributed by atoms with Crippen LogP contribution in [0, 0.1) is 0 Å². The van der Waals surface area contributed by atoms with Crippen LogP contribution in [0.3, 0.4) is 0 Å². The van der Waals surface area contributed by atoms with Crippen molar-refractivity contribution in [2.75, 3.05) is 0 Å². The van der Waals surface area contributed by atoms with E-state index in [9.17, 15) is 0 Å². The summed E-state index contributed by atoms with van der Waals surface area (Å²) in [6.07, 6.45) is 0. The number of hydrogen-bond donors (Lipinski definition) is 0. The second kappa shape index (κ2) is 28.0. The average Bonchev–Trinajstić information content (AvgIpc) is 1.09. The van der Waals surface area contributed by atoms with Gasteiger partial charge in [0.05, 0.1) is 22.1 Å². The minimum atomic E-state index is -0.148. The fourth-order valence-corrected chi connectivity index (χ4v) is 24.2. The van der Waals surface area contributed by atoms with Gasteiger partial charge in [0.2, 0.25) is 0 Å². The van der Waals surface area contributed by atoms with Gasteiger partial charge in [0, 0.05) is 43.7 Å². The minimum absolute atomic E-state index is 0.148. The van der Waals surface area contributed by atoms with Crippen LogP contribution in [-0.4, -0.2) is 9.13 Å². The van der Waals surface area contributed by atoms with Crippen molar-refractivity contribution >= 4 is 151 Å². The van der Waals surface area contributed by atoms with Crippen molar-refractivity contribution in [1.82, 2.24) is 9.13 Å². The molecule has 614 valence electrons. The summed E-state index contributed by atoms with van der Waals surface area (Å²) in [5.41, 5.74) is 34.2. The van der Waals surface area contributed by atoms with E-state index in [0.717, 1.165) is 28.0 Å². The third kappa shape index (κ3) is 10.8. The van der Waals surface area contributed by atoms with Crippen LogP contribution in [-0.2, 0) is 10.8 Å². The molecule has 2 aliphatic rings. The van der Waals surface area contributed by atoms with Gasteiger partial charge in [-0.2, -0.15) is 0 Å². The molecule has 2 heteroatoms. The third-order valence-corrected chi connectivity index (χ3v) is 30.4. The molecule has 0 saturated heterocycles. The van der Waals surface area contributed by atoms with Gasteiger partial charge in [-0.25, -0.2) is 0 Å². The van der Waals surface area contributed by atoms with Crippen LogP contribution < -0.4 is 0 Å². The molecule has 0 unspecified atom stereocenters. The Hall–Kier alpha value is -16.5. The molecule has 28 rings (SSSR count). The molecule has 26 aromatic rings. The molecule has 0 aliphatic heterocycles. The molecule has 0 atom stereocenters. The van der Waals surface area contributed by atoms with E-state index in [-0.39, 0.29) is 10.8 Å². The lowest BCUT2D eigenvalue weighted by Crippen LogP contribution is -2.15. The van der Waals surface area contributed by atoms with E-state index in [4.69, 9.17) is 0 Å². The van der Waals surface area contributed by atoms with Crippen molar-refractivity contribution in [1.29, 1.82) is 0 Å². The summed E-state index contributed by atoms with van der Waals surface area (Å²) >= 11 is 0. The van der Waals surface area contributed by atoms with Crippen LogP contribution >= 0.6 is 0 Å². The number of fused-ring (bicyclic) bond motifs is 30. The third-order valence-electron chi connectivity index (χ3n) is 30.4. The fraction of sp³-hybridized carbons (Fsp3) is 0.0462. The number of benzene rings is 24. The van der Waals surface area contributed by atoms with Gasteiger partial charge in [-0.15, -0.1) is 0 Å². The molecule has 2 aromatic heterocycles. The zero-order chi connectivity index (χ0) is 87.1. The Bertz CT molecular complexity index is 9460. The molecule has 0 radical (unpaired) electrons.